The van der Waals surface area contributed by atoms with Crippen molar-refractivity contribution in [3.05, 3.63) is 72.2 Å². The van der Waals surface area contributed by atoms with Crippen molar-refractivity contribution in [2.45, 2.75) is 50.2 Å². The van der Waals surface area contributed by atoms with Crippen LogP contribution in [0.1, 0.15) is 31.2 Å². The Morgan fingerprint density at radius 2 is 1.83 bits per heavy atom. The number of rotatable bonds is 10. The van der Waals surface area contributed by atoms with Gasteiger partial charge in [0.2, 0.25) is 11.8 Å². The van der Waals surface area contributed by atoms with E-state index in [2.05, 4.69) is 35.6 Å². The van der Waals surface area contributed by atoms with Crippen LogP contribution in [0.2, 0.25) is 0 Å². The van der Waals surface area contributed by atoms with E-state index >= 15 is 0 Å². The van der Waals surface area contributed by atoms with E-state index in [-0.39, 0.29) is 42.1 Å². The number of ether oxygens (including phenoxy) is 4. The van der Waals surface area contributed by atoms with E-state index in [0.717, 1.165) is 11.1 Å². The topological polar surface area (TPSA) is 156 Å². The maximum atomic E-state index is 14.1. The number of morpholine rings is 1. The minimum absolute atomic E-state index is 0.0520. The molecule has 13 nitrogen and oxygen atoms in total. The molecule has 0 radical (unpaired) electrons. The van der Waals surface area contributed by atoms with Gasteiger partial charge in [-0.2, -0.15) is 14.0 Å². The molecule has 0 bridgehead atoms. The number of carbonyl (C=O) groups is 1. The van der Waals surface area contributed by atoms with Crippen LogP contribution >= 0.6 is 0 Å². The lowest BCUT2D eigenvalue weighted by atomic mass is 9.90. The van der Waals surface area contributed by atoms with Crippen molar-refractivity contribution in [3.8, 4) is 40.3 Å². The fourth-order valence-corrected chi connectivity index (χ4v) is 6.61. The monoisotopic (exact) mass is 721 g/mol. The molecule has 0 amide bonds. The molecule has 3 atom stereocenters. The molecule has 1 spiro atoms. The van der Waals surface area contributed by atoms with Crippen LogP contribution in [0.5, 0.6) is 11.8 Å². The first-order chi connectivity index (χ1) is 25.0. The number of nitrogens with zero attached hydrogens (tertiary/aromatic N) is 7. The van der Waals surface area contributed by atoms with Crippen molar-refractivity contribution in [1.82, 2.24) is 19.9 Å². The summed E-state index contributed by atoms with van der Waals surface area (Å²) in [6.45, 7) is 0.539. The molecule has 0 saturated carbocycles. The van der Waals surface area contributed by atoms with Crippen LogP contribution < -0.4 is 19.3 Å². The standard InChI is InChI=1S/C35H31F4N7O6/c1-19-35(17-49-18-35)50-10-9-45(19)26-11-22(21-7-5-20(14-40)6-8-21)15-41-32(26)51-23-12-27(33(47)48)46(16-23)28-13-25(43-31(44-28)30(36)37)24-3-2-4-29(42-24)52-34(38)39/h2-8,11,13,15,19,23,27,30,34H,9-10,12,16-18H2,1H3,(H,47,48)/t19-,23-,27-/m0/s1. The predicted molar refractivity (Wildman–Crippen MR) is 175 cm³/mol. The summed E-state index contributed by atoms with van der Waals surface area (Å²) in [7, 11) is 0. The fourth-order valence-electron chi connectivity index (χ4n) is 6.61. The van der Waals surface area contributed by atoms with Gasteiger partial charge in [-0.25, -0.2) is 33.5 Å². The summed E-state index contributed by atoms with van der Waals surface area (Å²) < 4.78 is 76.3. The number of benzene rings is 1. The molecule has 270 valence electrons. The third-order valence-electron chi connectivity index (χ3n) is 9.37. The highest BCUT2D eigenvalue weighted by Gasteiger charge is 2.50. The number of hydrogen-bond acceptors (Lipinski definition) is 12. The van der Waals surface area contributed by atoms with Gasteiger partial charge in [0.25, 0.3) is 6.43 Å². The summed E-state index contributed by atoms with van der Waals surface area (Å²) in [4.78, 5) is 32.5. The quantitative estimate of drug-likeness (QED) is 0.216. The molecule has 3 aromatic heterocycles. The molecule has 3 aliphatic rings. The Bertz CT molecular complexity index is 2000. The Morgan fingerprint density at radius 1 is 1.04 bits per heavy atom. The molecular formula is C35H31F4N7O6. The molecule has 3 fully saturated rings. The molecule has 6 heterocycles. The third-order valence-corrected chi connectivity index (χ3v) is 9.37. The van der Waals surface area contributed by atoms with E-state index in [9.17, 15) is 32.7 Å². The van der Waals surface area contributed by atoms with Crippen molar-refractivity contribution in [2.75, 3.05) is 42.7 Å². The van der Waals surface area contributed by atoms with Crippen molar-refractivity contribution in [1.29, 1.82) is 5.26 Å². The first kappa shape index (κ1) is 34.8. The molecule has 52 heavy (non-hydrogen) atoms. The van der Waals surface area contributed by atoms with Crippen LogP contribution in [0, 0.1) is 11.3 Å². The normalized spacial score (nSPS) is 20.9. The Labute approximate surface area is 294 Å². The molecule has 4 aromatic rings. The number of halogens is 4. The zero-order chi connectivity index (χ0) is 36.6. The maximum Gasteiger partial charge on any atom is 0.388 e. The molecule has 3 aliphatic heterocycles. The Kier molecular flexibility index (Phi) is 9.51. The number of carboxylic acid groups (broad SMARTS) is 1. The second kappa shape index (κ2) is 14.2. The number of anilines is 2. The number of nitriles is 1. The highest BCUT2D eigenvalue weighted by Crippen LogP contribution is 2.41. The first-order valence-corrected chi connectivity index (χ1v) is 16.3. The van der Waals surface area contributed by atoms with Gasteiger partial charge in [0.15, 0.2) is 5.82 Å². The molecule has 7 rings (SSSR count). The highest BCUT2D eigenvalue weighted by molar-refractivity contribution is 5.79. The molecule has 1 aromatic carbocycles. The molecule has 3 saturated heterocycles. The Hall–Kier alpha value is -5.60. The predicted octanol–water partition coefficient (Wildman–Crippen LogP) is 5.12. The van der Waals surface area contributed by atoms with Gasteiger partial charge >= 0.3 is 12.6 Å². The van der Waals surface area contributed by atoms with Gasteiger partial charge in [-0.3, -0.25) is 0 Å². The lowest BCUT2D eigenvalue weighted by Gasteiger charge is -2.53. The highest BCUT2D eigenvalue weighted by atomic mass is 19.3. The molecule has 0 aliphatic carbocycles. The summed E-state index contributed by atoms with van der Waals surface area (Å²) in [5, 5.41) is 19.5. The van der Waals surface area contributed by atoms with E-state index in [0.29, 0.717) is 37.6 Å². The Morgan fingerprint density at radius 3 is 2.50 bits per heavy atom. The van der Waals surface area contributed by atoms with E-state index in [1.54, 1.807) is 18.3 Å². The smallest absolute Gasteiger partial charge is 0.388 e. The summed E-state index contributed by atoms with van der Waals surface area (Å²) >= 11 is 0. The van der Waals surface area contributed by atoms with Gasteiger partial charge in [-0.15, -0.1) is 0 Å². The first-order valence-electron chi connectivity index (χ1n) is 16.3. The fraction of sp³-hybridized carbons (Fsp3) is 0.371. The van der Waals surface area contributed by atoms with Crippen LogP contribution in [-0.2, 0) is 14.3 Å². The zero-order valence-corrected chi connectivity index (χ0v) is 27.5. The second-order valence-electron chi connectivity index (χ2n) is 12.5. The summed E-state index contributed by atoms with van der Waals surface area (Å²) in [6, 6.07) is 14.8. The van der Waals surface area contributed by atoms with E-state index < -0.39 is 48.5 Å². The van der Waals surface area contributed by atoms with Gasteiger partial charge in [-0.1, -0.05) is 18.2 Å². The van der Waals surface area contributed by atoms with Crippen LogP contribution in [0.4, 0.5) is 29.1 Å². The summed E-state index contributed by atoms with van der Waals surface area (Å²) in [6.07, 6.45) is -2.35. The molecular weight excluding hydrogens is 690 g/mol. The molecule has 0 unspecified atom stereocenters. The number of pyridine rings is 2. The van der Waals surface area contributed by atoms with Gasteiger partial charge in [0, 0.05) is 36.9 Å². The number of carboxylic acids is 1. The average molecular weight is 722 g/mol. The van der Waals surface area contributed by atoms with Crippen LogP contribution in [0.3, 0.4) is 0 Å². The second-order valence-corrected chi connectivity index (χ2v) is 12.5. The van der Waals surface area contributed by atoms with Crippen LogP contribution in [0.25, 0.3) is 22.5 Å². The lowest BCUT2D eigenvalue weighted by Crippen LogP contribution is -2.68. The minimum Gasteiger partial charge on any atom is -0.480 e. The third kappa shape index (κ3) is 6.86. The summed E-state index contributed by atoms with van der Waals surface area (Å²) in [5.41, 5.74) is 1.98. The van der Waals surface area contributed by atoms with Crippen molar-refractivity contribution in [2.24, 2.45) is 0 Å². The number of aromatic nitrogens is 4. The van der Waals surface area contributed by atoms with E-state index in [1.165, 1.54) is 29.2 Å². The van der Waals surface area contributed by atoms with Crippen LogP contribution in [0.15, 0.2) is 60.8 Å². The number of hydrogen-bond donors (Lipinski definition) is 1. The number of aliphatic carboxylic acids is 1. The van der Waals surface area contributed by atoms with Gasteiger partial charge < -0.3 is 33.9 Å². The summed E-state index contributed by atoms with van der Waals surface area (Å²) in [5.74, 6) is -2.51. The van der Waals surface area contributed by atoms with Gasteiger partial charge in [0.1, 0.15) is 29.3 Å². The Balaban J connectivity index is 1.22. The van der Waals surface area contributed by atoms with E-state index in [4.69, 9.17) is 14.2 Å². The van der Waals surface area contributed by atoms with Crippen LogP contribution in [-0.4, -0.2) is 94.3 Å². The number of alkyl halides is 4. The molecule has 1 N–H and O–H groups in total. The molecule has 17 heteroatoms. The maximum absolute atomic E-state index is 14.1. The van der Waals surface area contributed by atoms with E-state index in [1.807, 2.05) is 25.1 Å². The zero-order valence-electron chi connectivity index (χ0n) is 27.5. The van der Waals surface area contributed by atoms with Gasteiger partial charge in [0.05, 0.1) is 55.4 Å². The lowest BCUT2D eigenvalue weighted by molar-refractivity contribution is -0.228. The van der Waals surface area contributed by atoms with Crippen molar-refractivity contribution in [3.63, 3.8) is 0 Å². The van der Waals surface area contributed by atoms with Gasteiger partial charge in [-0.05, 0) is 36.8 Å². The minimum atomic E-state index is -3.17. The van der Waals surface area contributed by atoms with Crippen molar-refractivity contribution >= 4 is 17.5 Å². The largest absolute Gasteiger partial charge is 0.480 e. The van der Waals surface area contributed by atoms with Crippen molar-refractivity contribution < 1.29 is 46.4 Å². The SMILES string of the molecule is C[C@@H]1N(c2cc(-c3ccc(C#N)cc3)cnc2O[C@H]2C[C@@H](C(=O)O)N(c3cc(-c4cccc(OC(F)F)n4)nc(C(F)F)n3)C2)CCOC12COC2. The average Bonchev–Trinajstić information content (AvgIpc) is 3.55.